The Balaban J connectivity index is 1.53. The van der Waals surface area contributed by atoms with Gasteiger partial charge < -0.3 is 19.9 Å². The molecule has 1 fully saturated rings. The first-order chi connectivity index (χ1) is 13.9. The van der Waals surface area contributed by atoms with Crippen LogP contribution in [0.5, 0.6) is 0 Å². The van der Waals surface area contributed by atoms with Crippen LogP contribution in [0.4, 0.5) is 11.4 Å². The van der Waals surface area contributed by atoms with Gasteiger partial charge in [-0.05, 0) is 47.9 Å². The van der Waals surface area contributed by atoms with Crippen LogP contribution in [0, 0.1) is 0 Å². The first kappa shape index (κ1) is 20.9. The molecule has 0 aliphatic carbocycles. The third-order valence-corrected chi connectivity index (χ3v) is 5.08. The molecule has 2 aromatic carbocycles. The third-order valence-electron chi connectivity index (χ3n) is 5.08. The first-order valence-corrected chi connectivity index (χ1v) is 10.0. The molecule has 0 unspecified atom stereocenters. The smallest absolute Gasteiger partial charge is 0.254 e. The summed E-state index contributed by atoms with van der Waals surface area (Å²) < 4.78 is 5.37. The molecule has 154 valence electrons. The Kier molecular flexibility index (Phi) is 6.88. The van der Waals surface area contributed by atoms with Crippen molar-refractivity contribution < 1.29 is 14.3 Å². The summed E-state index contributed by atoms with van der Waals surface area (Å²) in [6.07, 6.45) is 0. The fourth-order valence-electron chi connectivity index (χ4n) is 3.30. The molecule has 2 aromatic rings. The molecule has 2 amide bonds. The molecule has 1 N–H and O–H groups in total. The molecule has 0 saturated carbocycles. The molecule has 3 rings (SSSR count). The molecule has 29 heavy (non-hydrogen) atoms. The van der Waals surface area contributed by atoms with E-state index in [0.717, 1.165) is 32.0 Å². The van der Waals surface area contributed by atoms with Gasteiger partial charge in [0.05, 0.1) is 19.8 Å². The van der Waals surface area contributed by atoms with Crippen molar-refractivity contribution >= 4 is 23.2 Å². The van der Waals surface area contributed by atoms with Crippen LogP contribution in [-0.4, -0.2) is 56.6 Å². The molecule has 0 aromatic heterocycles. The Morgan fingerprint density at radius 2 is 1.66 bits per heavy atom. The zero-order valence-electron chi connectivity index (χ0n) is 17.4. The SMILES string of the molecule is CC(C)c1ccc(C(=O)N(C)CC(=O)Nc2ccc(N3CCOCC3)cc2)cc1. The lowest BCUT2D eigenvalue weighted by Gasteiger charge is -2.28. The number of nitrogens with one attached hydrogen (secondary N) is 1. The zero-order valence-corrected chi connectivity index (χ0v) is 17.4. The second-order valence-electron chi connectivity index (χ2n) is 7.63. The van der Waals surface area contributed by atoms with E-state index in [1.165, 1.54) is 10.5 Å². The normalized spacial score (nSPS) is 14.0. The predicted molar refractivity (Wildman–Crippen MR) is 116 cm³/mol. The Hall–Kier alpha value is -2.86. The van der Waals surface area contributed by atoms with Crippen molar-refractivity contribution in [2.24, 2.45) is 0 Å². The number of benzene rings is 2. The van der Waals surface area contributed by atoms with E-state index in [2.05, 4.69) is 24.1 Å². The number of rotatable bonds is 6. The summed E-state index contributed by atoms with van der Waals surface area (Å²) in [6.45, 7) is 7.43. The number of likely N-dealkylation sites (N-methyl/N-ethyl adjacent to an activating group) is 1. The number of hydrogen-bond donors (Lipinski definition) is 1. The van der Waals surface area contributed by atoms with Gasteiger partial charge in [-0.15, -0.1) is 0 Å². The number of carbonyl (C=O) groups is 2. The maximum atomic E-state index is 12.6. The second-order valence-corrected chi connectivity index (χ2v) is 7.63. The molecular formula is C23H29N3O3. The summed E-state index contributed by atoms with van der Waals surface area (Å²) in [7, 11) is 1.64. The van der Waals surface area contributed by atoms with Gasteiger partial charge in [0.1, 0.15) is 0 Å². The van der Waals surface area contributed by atoms with E-state index in [0.29, 0.717) is 17.2 Å². The Labute approximate surface area is 172 Å². The van der Waals surface area contributed by atoms with E-state index in [4.69, 9.17) is 4.74 Å². The highest BCUT2D eigenvalue weighted by molar-refractivity contribution is 5.99. The van der Waals surface area contributed by atoms with Crippen LogP contribution in [0.15, 0.2) is 48.5 Å². The summed E-state index contributed by atoms with van der Waals surface area (Å²) in [5.74, 6) is 0.0224. The Bertz CT molecular complexity index is 825. The minimum absolute atomic E-state index is 0.00399. The van der Waals surface area contributed by atoms with Crippen molar-refractivity contribution in [2.45, 2.75) is 19.8 Å². The van der Waals surface area contributed by atoms with Crippen molar-refractivity contribution in [3.05, 3.63) is 59.7 Å². The topological polar surface area (TPSA) is 61.9 Å². The van der Waals surface area contributed by atoms with Crippen molar-refractivity contribution in [1.29, 1.82) is 0 Å². The van der Waals surface area contributed by atoms with Crippen LogP contribution in [0.1, 0.15) is 35.7 Å². The Morgan fingerprint density at radius 1 is 1.03 bits per heavy atom. The predicted octanol–water partition coefficient (Wildman–Crippen LogP) is 3.36. The average molecular weight is 396 g/mol. The van der Waals surface area contributed by atoms with Gasteiger partial charge in [-0.25, -0.2) is 0 Å². The van der Waals surface area contributed by atoms with E-state index >= 15 is 0 Å². The highest BCUT2D eigenvalue weighted by Crippen LogP contribution is 2.19. The van der Waals surface area contributed by atoms with E-state index in [1.54, 1.807) is 7.05 Å². The van der Waals surface area contributed by atoms with Gasteiger partial charge in [0.25, 0.3) is 5.91 Å². The maximum absolute atomic E-state index is 12.6. The highest BCUT2D eigenvalue weighted by atomic mass is 16.5. The number of morpholine rings is 1. The lowest BCUT2D eigenvalue weighted by Crippen LogP contribution is -2.36. The van der Waals surface area contributed by atoms with Crippen LogP contribution in [0.2, 0.25) is 0 Å². The Morgan fingerprint density at radius 3 is 2.24 bits per heavy atom. The lowest BCUT2D eigenvalue weighted by atomic mass is 10.0. The van der Waals surface area contributed by atoms with Crippen molar-refractivity contribution in [1.82, 2.24) is 4.90 Å². The summed E-state index contributed by atoms with van der Waals surface area (Å²) in [6, 6.07) is 15.3. The molecular weight excluding hydrogens is 366 g/mol. The van der Waals surface area contributed by atoms with Gasteiger partial charge in [0, 0.05) is 37.1 Å². The van der Waals surface area contributed by atoms with Gasteiger partial charge in [0.15, 0.2) is 0 Å². The van der Waals surface area contributed by atoms with Crippen LogP contribution in [-0.2, 0) is 9.53 Å². The summed E-state index contributed by atoms with van der Waals surface area (Å²) in [4.78, 5) is 28.6. The van der Waals surface area contributed by atoms with E-state index < -0.39 is 0 Å². The van der Waals surface area contributed by atoms with E-state index in [-0.39, 0.29) is 18.4 Å². The molecule has 0 atom stereocenters. The molecule has 1 aliphatic rings. The molecule has 6 heteroatoms. The van der Waals surface area contributed by atoms with Crippen LogP contribution in [0.25, 0.3) is 0 Å². The van der Waals surface area contributed by atoms with Gasteiger partial charge in [-0.1, -0.05) is 26.0 Å². The van der Waals surface area contributed by atoms with Crippen molar-refractivity contribution in [2.75, 3.05) is 50.1 Å². The number of amides is 2. The monoisotopic (exact) mass is 395 g/mol. The minimum Gasteiger partial charge on any atom is -0.378 e. The quantitative estimate of drug-likeness (QED) is 0.815. The molecule has 1 saturated heterocycles. The second kappa shape index (κ2) is 9.56. The number of hydrogen-bond acceptors (Lipinski definition) is 4. The molecule has 0 radical (unpaired) electrons. The number of carbonyl (C=O) groups excluding carboxylic acids is 2. The molecule has 0 bridgehead atoms. The fourth-order valence-corrected chi connectivity index (χ4v) is 3.30. The van der Waals surface area contributed by atoms with Gasteiger partial charge in [-0.2, -0.15) is 0 Å². The summed E-state index contributed by atoms with van der Waals surface area (Å²) in [5, 5.41) is 2.86. The largest absolute Gasteiger partial charge is 0.378 e. The van der Waals surface area contributed by atoms with Crippen LogP contribution in [0.3, 0.4) is 0 Å². The first-order valence-electron chi connectivity index (χ1n) is 10.0. The average Bonchev–Trinajstić information content (AvgIpc) is 2.74. The van der Waals surface area contributed by atoms with Gasteiger partial charge in [-0.3, -0.25) is 9.59 Å². The zero-order chi connectivity index (χ0) is 20.8. The third kappa shape index (κ3) is 5.57. The molecule has 1 heterocycles. The van der Waals surface area contributed by atoms with Gasteiger partial charge >= 0.3 is 0 Å². The fraction of sp³-hybridized carbons (Fsp3) is 0.391. The summed E-state index contributed by atoms with van der Waals surface area (Å²) >= 11 is 0. The van der Waals surface area contributed by atoms with Crippen LogP contribution >= 0.6 is 0 Å². The van der Waals surface area contributed by atoms with Crippen LogP contribution < -0.4 is 10.2 Å². The van der Waals surface area contributed by atoms with E-state index in [1.807, 2.05) is 48.5 Å². The number of ether oxygens (including phenoxy) is 1. The minimum atomic E-state index is -0.223. The van der Waals surface area contributed by atoms with Gasteiger partial charge in [0.2, 0.25) is 5.91 Å². The lowest BCUT2D eigenvalue weighted by molar-refractivity contribution is -0.116. The number of nitrogens with zero attached hydrogens (tertiary/aromatic N) is 2. The molecule has 6 nitrogen and oxygen atoms in total. The molecule has 0 spiro atoms. The number of anilines is 2. The highest BCUT2D eigenvalue weighted by Gasteiger charge is 2.16. The maximum Gasteiger partial charge on any atom is 0.254 e. The van der Waals surface area contributed by atoms with Crippen molar-refractivity contribution in [3.63, 3.8) is 0 Å². The van der Waals surface area contributed by atoms with Crippen molar-refractivity contribution in [3.8, 4) is 0 Å². The standard InChI is InChI=1S/C23H29N3O3/c1-17(2)18-4-6-19(7-5-18)23(28)25(3)16-22(27)24-20-8-10-21(11-9-20)26-12-14-29-15-13-26/h4-11,17H,12-16H2,1-3H3,(H,24,27). The van der Waals surface area contributed by atoms with E-state index in [9.17, 15) is 9.59 Å². The summed E-state index contributed by atoms with van der Waals surface area (Å²) in [5.41, 5.74) is 3.60. The molecule has 1 aliphatic heterocycles.